The first-order valence-electron chi connectivity index (χ1n) is 5.86. The number of rotatable bonds is 7. The second-order valence-corrected chi connectivity index (χ2v) is 5.05. The smallest absolute Gasteiger partial charge is 0.0595 e. The Hall–Kier alpha value is -0.120. The maximum absolute atomic E-state index is 8.93. The summed E-state index contributed by atoms with van der Waals surface area (Å²) in [5.41, 5.74) is 5.77. The van der Waals surface area contributed by atoms with Crippen LogP contribution in [0.3, 0.4) is 0 Å². The molecule has 3 N–H and O–H groups in total. The molecular weight excluding hydrogens is 176 g/mol. The predicted octanol–water partition coefficient (Wildman–Crippen LogP) is 0.428. The quantitative estimate of drug-likeness (QED) is 0.623. The summed E-state index contributed by atoms with van der Waals surface area (Å²) >= 11 is 0. The number of nitrogens with two attached hydrogens (primary N) is 1. The number of nitrogens with zero attached hydrogens (tertiary/aromatic N) is 1. The Morgan fingerprint density at radius 2 is 1.64 bits per heavy atom. The Balaban J connectivity index is 1.71. The van der Waals surface area contributed by atoms with Crippen molar-refractivity contribution in [1.29, 1.82) is 0 Å². The van der Waals surface area contributed by atoms with Crippen molar-refractivity contribution < 1.29 is 5.11 Å². The molecule has 14 heavy (non-hydrogen) atoms. The van der Waals surface area contributed by atoms with Crippen molar-refractivity contribution in [3.8, 4) is 0 Å². The van der Waals surface area contributed by atoms with Crippen molar-refractivity contribution in [3.63, 3.8) is 0 Å². The molecule has 2 aliphatic rings. The van der Waals surface area contributed by atoms with Crippen LogP contribution in [-0.4, -0.2) is 42.3 Å². The van der Waals surface area contributed by atoms with Crippen LogP contribution in [0.15, 0.2) is 0 Å². The lowest BCUT2D eigenvalue weighted by Crippen LogP contribution is -2.41. The van der Waals surface area contributed by atoms with Crippen molar-refractivity contribution in [3.05, 3.63) is 0 Å². The molecule has 82 valence electrons. The van der Waals surface area contributed by atoms with Gasteiger partial charge in [0, 0.05) is 25.7 Å². The summed E-state index contributed by atoms with van der Waals surface area (Å²) in [5.74, 6) is 1.86. The van der Waals surface area contributed by atoms with Crippen LogP contribution in [0.2, 0.25) is 0 Å². The molecule has 0 aromatic heterocycles. The van der Waals surface area contributed by atoms with Gasteiger partial charge in [-0.1, -0.05) is 0 Å². The van der Waals surface area contributed by atoms with Crippen molar-refractivity contribution in [2.45, 2.75) is 31.7 Å². The Bertz CT molecular complexity index is 164. The molecule has 0 aromatic rings. The molecule has 0 aliphatic heterocycles. The van der Waals surface area contributed by atoms with Crippen LogP contribution in [0.1, 0.15) is 25.7 Å². The summed E-state index contributed by atoms with van der Waals surface area (Å²) in [4.78, 5) is 2.47. The summed E-state index contributed by atoms with van der Waals surface area (Å²) in [5, 5.41) is 8.93. The van der Waals surface area contributed by atoms with E-state index in [1.54, 1.807) is 0 Å². The van der Waals surface area contributed by atoms with Crippen LogP contribution in [0.25, 0.3) is 0 Å². The normalized spacial score (nSPS) is 24.2. The third-order valence-corrected chi connectivity index (χ3v) is 3.15. The van der Waals surface area contributed by atoms with Gasteiger partial charge >= 0.3 is 0 Å². The predicted molar refractivity (Wildman–Crippen MR) is 56.9 cm³/mol. The van der Waals surface area contributed by atoms with Gasteiger partial charge in [0.05, 0.1) is 6.61 Å². The Morgan fingerprint density at radius 3 is 2.00 bits per heavy atom. The lowest BCUT2D eigenvalue weighted by atomic mass is 10.2. The van der Waals surface area contributed by atoms with E-state index in [1.165, 1.54) is 38.8 Å². The molecule has 3 nitrogen and oxygen atoms in total. The van der Waals surface area contributed by atoms with Crippen LogP contribution >= 0.6 is 0 Å². The van der Waals surface area contributed by atoms with E-state index in [9.17, 15) is 0 Å². The van der Waals surface area contributed by atoms with E-state index in [2.05, 4.69) is 4.90 Å². The summed E-state index contributed by atoms with van der Waals surface area (Å²) in [7, 11) is 0. The van der Waals surface area contributed by atoms with Gasteiger partial charge in [0.2, 0.25) is 0 Å². The minimum absolute atomic E-state index is 0.0486. The molecule has 0 bridgehead atoms. The van der Waals surface area contributed by atoms with Gasteiger partial charge in [-0.25, -0.2) is 0 Å². The maximum Gasteiger partial charge on any atom is 0.0595 e. The molecule has 1 unspecified atom stereocenters. The summed E-state index contributed by atoms with van der Waals surface area (Å²) < 4.78 is 0. The first-order chi connectivity index (χ1) is 6.78. The van der Waals surface area contributed by atoms with E-state index in [1.807, 2.05) is 0 Å². The van der Waals surface area contributed by atoms with Crippen LogP contribution in [0.5, 0.6) is 0 Å². The fraction of sp³-hybridized carbons (Fsp3) is 1.00. The zero-order valence-electron chi connectivity index (χ0n) is 8.86. The van der Waals surface area contributed by atoms with Gasteiger partial charge in [-0.15, -0.1) is 0 Å². The molecular formula is C11H22N2O. The van der Waals surface area contributed by atoms with Gasteiger partial charge in [-0.05, 0) is 37.5 Å². The van der Waals surface area contributed by atoms with Crippen LogP contribution < -0.4 is 5.73 Å². The van der Waals surface area contributed by atoms with Crippen LogP contribution in [0, 0.1) is 11.8 Å². The van der Waals surface area contributed by atoms with Crippen molar-refractivity contribution in [1.82, 2.24) is 4.90 Å². The van der Waals surface area contributed by atoms with Crippen molar-refractivity contribution in [2.75, 3.05) is 26.2 Å². The highest BCUT2D eigenvalue weighted by Crippen LogP contribution is 2.33. The molecule has 2 fully saturated rings. The Morgan fingerprint density at radius 1 is 1.14 bits per heavy atom. The highest BCUT2D eigenvalue weighted by atomic mass is 16.3. The third kappa shape index (κ3) is 3.56. The molecule has 2 aliphatic carbocycles. The van der Waals surface area contributed by atoms with Crippen molar-refractivity contribution in [2.24, 2.45) is 17.6 Å². The fourth-order valence-electron chi connectivity index (χ4n) is 1.94. The van der Waals surface area contributed by atoms with Gasteiger partial charge < -0.3 is 15.7 Å². The van der Waals surface area contributed by atoms with Gasteiger partial charge in [0.15, 0.2) is 0 Å². The number of hydrogen-bond acceptors (Lipinski definition) is 3. The highest BCUT2D eigenvalue weighted by Gasteiger charge is 2.29. The Kier molecular flexibility index (Phi) is 3.42. The molecule has 0 heterocycles. The van der Waals surface area contributed by atoms with E-state index >= 15 is 0 Å². The first-order valence-corrected chi connectivity index (χ1v) is 5.86. The molecule has 2 saturated carbocycles. The molecule has 0 amide bonds. The van der Waals surface area contributed by atoms with Gasteiger partial charge in [0.1, 0.15) is 0 Å². The zero-order chi connectivity index (χ0) is 9.97. The van der Waals surface area contributed by atoms with E-state index in [0.29, 0.717) is 0 Å². The number of aliphatic hydroxyl groups is 1. The average Bonchev–Trinajstić information content (AvgIpc) is 2.99. The van der Waals surface area contributed by atoms with E-state index in [4.69, 9.17) is 10.8 Å². The number of hydrogen-bond donors (Lipinski definition) is 2. The zero-order valence-corrected chi connectivity index (χ0v) is 8.86. The third-order valence-electron chi connectivity index (χ3n) is 3.15. The summed E-state index contributed by atoms with van der Waals surface area (Å²) in [6.45, 7) is 3.42. The second-order valence-electron chi connectivity index (χ2n) is 5.05. The van der Waals surface area contributed by atoms with Gasteiger partial charge in [-0.2, -0.15) is 0 Å². The van der Waals surface area contributed by atoms with E-state index in [0.717, 1.165) is 18.4 Å². The fourth-order valence-corrected chi connectivity index (χ4v) is 1.94. The minimum Gasteiger partial charge on any atom is -0.395 e. The SMILES string of the molecule is NC(CO)CN(CC1CC1)CC1CC1. The molecule has 0 aromatic carbocycles. The topological polar surface area (TPSA) is 49.5 Å². The van der Waals surface area contributed by atoms with Gasteiger partial charge in [-0.3, -0.25) is 0 Å². The Labute approximate surface area is 86.3 Å². The molecule has 3 heteroatoms. The number of aliphatic hydroxyl groups excluding tert-OH is 1. The first kappa shape index (κ1) is 10.4. The molecule has 1 atom stereocenters. The van der Waals surface area contributed by atoms with Crippen LogP contribution in [-0.2, 0) is 0 Å². The highest BCUT2D eigenvalue weighted by molar-refractivity contribution is 4.83. The summed E-state index contributed by atoms with van der Waals surface area (Å²) in [6, 6.07) is -0.0486. The van der Waals surface area contributed by atoms with Crippen molar-refractivity contribution >= 4 is 0 Å². The molecule has 0 radical (unpaired) electrons. The molecule has 2 rings (SSSR count). The van der Waals surface area contributed by atoms with Gasteiger partial charge in [0.25, 0.3) is 0 Å². The lowest BCUT2D eigenvalue weighted by molar-refractivity contribution is 0.191. The maximum atomic E-state index is 8.93. The largest absolute Gasteiger partial charge is 0.395 e. The standard InChI is InChI=1S/C11H22N2O/c12-11(8-14)7-13(5-9-1-2-9)6-10-3-4-10/h9-11,14H,1-8,12H2. The molecule has 0 saturated heterocycles. The lowest BCUT2D eigenvalue weighted by Gasteiger charge is -2.24. The minimum atomic E-state index is -0.0486. The van der Waals surface area contributed by atoms with E-state index in [-0.39, 0.29) is 12.6 Å². The van der Waals surface area contributed by atoms with E-state index < -0.39 is 0 Å². The average molecular weight is 198 g/mol. The monoisotopic (exact) mass is 198 g/mol. The summed E-state index contributed by atoms with van der Waals surface area (Å²) in [6.07, 6.45) is 5.59. The van der Waals surface area contributed by atoms with Crippen LogP contribution in [0.4, 0.5) is 0 Å². The molecule has 0 spiro atoms. The second kappa shape index (κ2) is 4.60.